The van der Waals surface area contributed by atoms with Crippen LogP contribution in [-0.2, 0) is 0 Å². The quantitative estimate of drug-likeness (QED) is 0.736. The number of thiol groups is 1. The molecule has 2 nitrogen and oxygen atoms in total. The Balaban J connectivity index is 0.00000144. The van der Waals surface area contributed by atoms with Gasteiger partial charge in [-0.2, -0.15) is 0 Å². The molecule has 0 aromatic heterocycles. The highest BCUT2D eigenvalue weighted by Crippen LogP contribution is 2.29. The minimum absolute atomic E-state index is 0. The van der Waals surface area contributed by atoms with E-state index in [2.05, 4.69) is 17.9 Å². The van der Waals surface area contributed by atoms with Crippen LogP contribution in [0.2, 0.25) is 10.0 Å². The highest BCUT2D eigenvalue weighted by Gasteiger charge is 2.05. The first-order valence-corrected chi connectivity index (χ1v) is 4.25. The molecule has 1 amide bonds. The summed E-state index contributed by atoms with van der Waals surface area (Å²) in [6, 6.07) is 4.96. The molecule has 0 unspecified atom stereocenters. The van der Waals surface area contributed by atoms with Crippen molar-refractivity contribution in [2.75, 3.05) is 5.32 Å². The van der Waals surface area contributed by atoms with Crippen LogP contribution in [0, 0.1) is 0 Å². The number of anilines is 1. The molecule has 1 aromatic rings. The Morgan fingerprint density at radius 2 is 1.77 bits per heavy atom. The van der Waals surface area contributed by atoms with E-state index < -0.39 is 5.24 Å². The molecule has 1 aromatic carbocycles. The Hall–Kier alpha value is -0.0900. The molecule has 0 heterocycles. The van der Waals surface area contributed by atoms with Crippen LogP contribution in [0.3, 0.4) is 0 Å². The Kier molecular flexibility index (Phi) is 5.56. The molecule has 0 saturated carbocycles. The van der Waals surface area contributed by atoms with Crippen molar-refractivity contribution >= 4 is 59.2 Å². The molecule has 1 rings (SSSR count). The van der Waals surface area contributed by atoms with Crippen LogP contribution >= 0.6 is 48.2 Å². The highest BCUT2D eigenvalue weighted by atomic mass is 35.5. The first-order chi connectivity index (χ1) is 5.61. The lowest BCUT2D eigenvalue weighted by Gasteiger charge is -2.05. The van der Waals surface area contributed by atoms with Crippen LogP contribution in [-0.4, -0.2) is 5.24 Å². The van der Waals surface area contributed by atoms with Crippen LogP contribution in [0.1, 0.15) is 0 Å². The minimum atomic E-state index is -0.495. The Labute approximate surface area is 97.4 Å². The van der Waals surface area contributed by atoms with Crippen LogP contribution in [0.4, 0.5) is 10.5 Å². The summed E-state index contributed by atoms with van der Waals surface area (Å²) in [6.07, 6.45) is 0. The van der Waals surface area contributed by atoms with Crippen LogP contribution in [0.5, 0.6) is 0 Å². The molecule has 0 saturated heterocycles. The van der Waals surface area contributed by atoms with Gasteiger partial charge in [-0.15, -0.1) is 12.4 Å². The highest BCUT2D eigenvalue weighted by molar-refractivity contribution is 7.96. The lowest BCUT2D eigenvalue weighted by atomic mass is 10.3. The number of carbonyl (C=O) groups is 1. The Morgan fingerprint density at radius 1 is 1.31 bits per heavy atom. The van der Waals surface area contributed by atoms with Crippen molar-refractivity contribution in [3.63, 3.8) is 0 Å². The monoisotopic (exact) mass is 257 g/mol. The van der Waals surface area contributed by atoms with Gasteiger partial charge in [0.25, 0.3) is 5.24 Å². The van der Waals surface area contributed by atoms with E-state index in [1.165, 1.54) is 0 Å². The molecule has 1 N–H and O–H groups in total. The minimum Gasteiger partial charge on any atom is -0.314 e. The molecule has 0 radical (unpaired) electrons. The second kappa shape index (κ2) is 5.60. The van der Waals surface area contributed by atoms with Crippen molar-refractivity contribution in [1.82, 2.24) is 0 Å². The molecule has 13 heavy (non-hydrogen) atoms. The number of amides is 1. The van der Waals surface area contributed by atoms with Crippen molar-refractivity contribution in [2.45, 2.75) is 0 Å². The number of carbonyl (C=O) groups excluding carboxylic acids is 1. The maximum atomic E-state index is 10.6. The summed E-state index contributed by atoms with van der Waals surface area (Å²) >= 11 is 15.0. The van der Waals surface area contributed by atoms with Gasteiger partial charge < -0.3 is 5.32 Å². The molecule has 0 aliphatic rings. The van der Waals surface area contributed by atoms with Crippen molar-refractivity contribution in [3.05, 3.63) is 28.2 Å². The Bertz CT molecular complexity index is 298. The average molecular weight is 259 g/mol. The van der Waals surface area contributed by atoms with E-state index >= 15 is 0 Å². The molecular weight excluding hydrogens is 253 g/mol. The van der Waals surface area contributed by atoms with Gasteiger partial charge in [-0.05, 0) is 12.1 Å². The topological polar surface area (TPSA) is 29.1 Å². The van der Waals surface area contributed by atoms with Gasteiger partial charge in [-0.1, -0.05) is 41.9 Å². The third-order valence-corrected chi connectivity index (χ3v) is 1.94. The summed E-state index contributed by atoms with van der Waals surface area (Å²) in [4.78, 5) is 10.6. The molecular formula is C7H6Cl3NOS. The van der Waals surface area contributed by atoms with Crippen molar-refractivity contribution < 1.29 is 4.79 Å². The predicted molar refractivity (Wildman–Crippen MR) is 61.7 cm³/mol. The number of halogens is 3. The zero-order valence-electron chi connectivity index (χ0n) is 6.25. The smallest absolute Gasteiger partial charge is 0.280 e. The molecule has 0 atom stereocenters. The first kappa shape index (κ1) is 12.9. The Morgan fingerprint density at radius 3 is 2.15 bits per heavy atom. The van der Waals surface area contributed by atoms with Gasteiger partial charge in [-0.3, -0.25) is 4.79 Å². The van der Waals surface area contributed by atoms with Gasteiger partial charge >= 0.3 is 0 Å². The van der Waals surface area contributed by atoms with Gasteiger partial charge in [0.2, 0.25) is 0 Å². The predicted octanol–water partition coefficient (Wildman–Crippen LogP) is 3.88. The fourth-order valence-corrected chi connectivity index (χ4v) is 1.33. The van der Waals surface area contributed by atoms with Crippen LogP contribution in [0.25, 0.3) is 0 Å². The van der Waals surface area contributed by atoms with E-state index in [0.29, 0.717) is 15.7 Å². The van der Waals surface area contributed by atoms with Gasteiger partial charge in [0.15, 0.2) is 0 Å². The number of hydrogen-bond donors (Lipinski definition) is 2. The van der Waals surface area contributed by atoms with E-state index in [9.17, 15) is 4.79 Å². The maximum absolute atomic E-state index is 10.6. The molecule has 0 aliphatic carbocycles. The normalized spacial score (nSPS) is 8.85. The zero-order chi connectivity index (χ0) is 9.14. The number of para-hydroxylation sites is 1. The molecule has 0 spiro atoms. The van der Waals surface area contributed by atoms with Gasteiger partial charge in [-0.25, -0.2) is 0 Å². The SMILES string of the molecule is Cl.O=C(S)Nc1c(Cl)cccc1Cl. The average Bonchev–Trinajstić information content (AvgIpc) is 1.97. The number of rotatable bonds is 1. The standard InChI is InChI=1S/C7H5Cl2NOS.ClH/c8-4-2-1-3-5(9)6(4)10-7(11)12;/h1-3H,(H2,10,11,12);1H. The summed E-state index contributed by atoms with van der Waals surface area (Å²) in [7, 11) is 0. The lowest BCUT2D eigenvalue weighted by Crippen LogP contribution is -2.02. The van der Waals surface area contributed by atoms with Crippen molar-refractivity contribution in [3.8, 4) is 0 Å². The molecule has 0 aliphatic heterocycles. The largest absolute Gasteiger partial charge is 0.314 e. The van der Waals surface area contributed by atoms with Crippen molar-refractivity contribution in [2.24, 2.45) is 0 Å². The second-order valence-corrected chi connectivity index (χ2v) is 3.25. The van der Waals surface area contributed by atoms with E-state index in [-0.39, 0.29) is 12.4 Å². The third kappa shape index (κ3) is 3.65. The number of nitrogens with one attached hydrogen (secondary N) is 1. The third-order valence-electron chi connectivity index (χ3n) is 1.19. The van der Waals surface area contributed by atoms with E-state index in [1.54, 1.807) is 18.2 Å². The first-order valence-electron chi connectivity index (χ1n) is 3.05. The lowest BCUT2D eigenvalue weighted by molar-refractivity contribution is 0.270. The van der Waals surface area contributed by atoms with Gasteiger partial charge in [0, 0.05) is 0 Å². The summed E-state index contributed by atoms with van der Waals surface area (Å²) in [5.74, 6) is 0. The molecule has 0 bridgehead atoms. The number of benzene rings is 1. The zero-order valence-corrected chi connectivity index (χ0v) is 9.47. The summed E-state index contributed by atoms with van der Waals surface area (Å²) in [6.45, 7) is 0. The molecule has 0 fully saturated rings. The fourth-order valence-electron chi connectivity index (χ4n) is 0.724. The van der Waals surface area contributed by atoms with E-state index in [4.69, 9.17) is 23.2 Å². The fraction of sp³-hybridized carbons (Fsp3) is 0. The second-order valence-electron chi connectivity index (χ2n) is 2.03. The van der Waals surface area contributed by atoms with Crippen molar-refractivity contribution in [1.29, 1.82) is 0 Å². The summed E-state index contributed by atoms with van der Waals surface area (Å²) < 4.78 is 0. The maximum Gasteiger partial charge on any atom is 0.280 e. The van der Waals surface area contributed by atoms with Gasteiger partial charge in [0.1, 0.15) is 0 Å². The molecule has 72 valence electrons. The van der Waals surface area contributed by atoms with Gasteiger partial charge in [0.05, 0.1) is 15.7 Å². The van der Waals surface area contributed by atoms with Crippen LogP contribution < -0.4 is 5.32 Å². The summed E-state index contributed by atoms with van der Waals surface area (Å²) in [5, 5.41) is 2.69. The van der Waals surface area contributed by atoms with E-state index in [0.717, 1.165) is 0 Å². The molecule has 6 heteroatoms. The van der Waals surface area contributed by atoms with Crippen LogP contribution in [0.15, 0.2) is 18.2 Å². The number of hydrogen-bond acceptors (Lipinski definition) is 1. The van der Waals surface area contributed by atoms with E-state index in [1.807, 2.05) is 0 Å². The summed E-state index contributed by atoms with van der Waals surface area (Å²) in [5.41, 5.74) is 0.390.